The van der Waals surface area contributed by atoms with Crippen molar-refractivity contribution in [2.75, 3.05) is 13.2 Å². The highest BCUT2D eigenvalue weighted by molar-refractivity contribution is 5.80. The van der Waals surface area contributed by atoms with Gasteiger partial charge in [0.25, 0.3) is 0 Å². The zero-order chi connectivity index (χ0) is 38.6. The molecule has 1 aliphatic rings. The molecule has 0 saturated carbocycles. The quantitative estimate of drug-likeness (QED) is 0.0296. The summed E-state index contributed by atoms with van der Waals surface area (Å²) in [6.07, 6.45) is 21.4. The second-order valence-electron chi connectivity index (χ2n) is 15.9. The lowest BCUT2D eigenvalue weighted by atomic mass is 9.99. The molecule has 0 aromatic carbocycles. The number of amides is 1. The number of ether oxygens (including phenoxy) is 2. The Hall–Kier alpha value is -1.37. The average Bonchev–Trinajstić information content (AvgIpc) is 3.11. The first kappa shape index (κ1) is 48.6. The summed E-state index contributed by atoms with van der Waals surface area (Å²) in [6, 6.07) is -0.993. The molecule has 52 heavy (non-hydrogen) atoms. The summed E-state index contributed by atoms with van der Waals surface area (Å²) in [5.41, 5.74) is 0. The molecule has 0 radical (unpaired) electrons. The first-order valence-corrected chi connectivity index (χ1v) is 20.9. The lowest BCUT2D eigenvalue weighted by Crippen LogP contribution is -2.60. The van der Waals surface area contributed by atoms with Gasteiger partial charge in [0.2, 0.25) is 5.91 Å². The number of allylic oxidation sites excluding steroid dienone is 3. The van der Waals surface area contributed by atoms with E-state index in [4.69, 9.17) is 9.47 Å². The number of unbranched alkanes of at least 4 members (excludes halogenated alkanes) is 15. The van der Waals surface area contributed by atoms with Crippen LogP contribution in [0.5, 0.6) is 0 Å². The molecule has 8 unspecified atom stereocenters. The number of nitrogens with one attached hydrogen (secondary N) is 1. The minimum absolute atomic E-state index is 0.304. The van der Waals surface area contributed by atoms with Crippen LogP contribution in [-0.2, 0) is 14.3 Å². The Morgan fingerprint density at radius 3 is 1.67 bits per heavy atom. The molecule has 1 aliphatic heterocycles. The third-order valence-corrected chi connectivity index (χ3v) is 9.99. The number of carbonyl (C=O) groups excluding carboxylic acids is 1. The second-order valence-corrected chi connectivity index (χ2v) is 15.9. The monoisotopic (exact) mass is 742 g/mol. The van der Waals surface area contributed by atoms with E-state index >= 15 is 0 Å². The predicted molar refractivity (Wildman–Crippen MR) is 209 cm³/mol. The predicted octanol–water partition coefficient (Wildman–Crippen LogP) is 6.63. The lowest BCUT2D eigenvalue weighted by Gasteiger charge is -2.40. The van der Waals surface area contributed by atoms with E-state index in [0.717, 1.165) is 43.9 Å². The number of hydrogen-bond donors (Lipinski definition) is 7. The molecule has 8 atom stereocenters. The summed E-state index contributed by atoms with van der Waals surface area (Å²) in [5.74, 6) is 0.939. The van der Waals surface area contributed by atoms with E-state index in [1.165, 1.54) is 83.5 Å². The summed E-state index contributed by atoms with van der Waals surface area (Å²) < 4.78 is 11.1. The van der Waals surface area contributed by atoms with Crippen LogP contribution >= 0.6 is 0 Å². The van der Waals surface area contributed by atoms with Crippen molar-refractivity contribution in [3.05, 3.63) is 24.3 Å². The van der Waals surface area contributed by atoms with E-state index in [2.05, 4.69) is 45.2 Å². The van der Waals surface area contributed by atoms with Gasteiger partial charge in [-0.05, 0) is 43.9 Å². The summed E-state index contributed by atoms with van der Waals surface area (Å²) >= 11 is 0. The molecule has 1 fully saturated rings. The van der Waals surface area contributed by atoms with Gasteiger partial charge in [-0.15, -0.1) is 0 Å². The van der Waals surface area contributed by atoms with Crippen molar-refractivity contribution in [1.29, 1.82) is 0 Å². The maximum Gasteiger partial charge on any atom is 0.249 e. The van der Waals surface area contributed by atoms with E-state index in [0.29, 0.717) is 19.3 Å². The first-order valence-electron chi connectivity index (χ1n) is 20.9. The zero-order valence-corrected chi connectivity index (χ0v) is 33.3. The van der Waals surface area contributed by atoms with E-state index in [9.17, 15) is 35.4 Å². The SMILES string of the molecule is CC(C)CCCCCCCC=CCCC=CC(O)C(COC1OC(CO)C(O)C(O)C1O)NC(=O)C(O)CCCCCCCCCCCCC(C)C. The molecule has 1 saturated heterocycles. The van der Waals surface area contributed by atoms with Crippen molar-refractivity contribution in [2.45, 2.75) is 211 Å². The highest BCUT2D eigenvalue weighted by atomic mass is 16.7. The first-order chi connectivity index (χ1) is 25.0. The van der Waals surface area contributed by atoms with Crippen LogP contribution < -0.4 is 5.32 Å². The van der Waals surface area contributed by atoms with E-state index in [1.807, 2.05) is 6.08 Å². The Morgan fingerprint density at radius 1 is 0.654 bits per heavy atom. The Bertz CT molecular complexity index is 912. The minimum atomic E-state index is -1.61. The molecule has 306 valence electrons. The van der Waals surface area contributed by atoms with Crippen LogP contribution in [0.4, 0.5) is 0 Å². The van der Waals surface area contributed by atoms with Gasteiger partial charge < -0.3 is 45.4 Å². The Morgan fingerprint density at radius 2 is 1.13 bits per heavy atom. The topological polar surface area (TPSA) is 169 Å². The van der Waals surface area contributed by atoms with Crippen molar-refractivity contribution >= 4 is 5.91 Å². The van der Waals surface area contributed by atoms with Crippen LogP contribution in [0.3, 0.4) is 0 Å². The van der Waals surface area contributed by atoms with Crippen molar-refractivity contribution in [3.8, 4) is 0 Å². The molecule has 0 spiro atoms. The second kappa shape index (κ2) is 30.9. The van der Waals surface area contributed by atoms with Crippen molar-refractivity contribution in [3.63, 3.8) is 0 Å². The minimum Gasteiger partial charge on any atom is -0.394 e. The molecule has 1 amide bonds. The van der Waals surface area contributed by atoms with Gasteiger partial charge >= 0.3 is 0 Å². The number of carbonyl (C=O) groups is 1. The summed E-state index contributed by atoms with van der Waals surface area (Å²) in [7, 11) is 0. The van der Waals surface area contributed by atoms with Gasteiger partial charge in [-0.25, -0.2) is 0 Å². The maximum atomic E-state index is 13.0. The Kier molecular flexibility index (Phi) is 28.9. The Balaban J connectivity index is 2.52. The average molecular weight is 742 g/mol. The van der Waals surface area contributed by atoms with E-state index < -0.39 is 61.5 Å². The molecule has 0 bridgehead atoms. The van der Waals surface area contributed by atoms with Crippen LogP contribution in [0.2, 0.25) is 0 Å². The molecular weight excluding hydrogens is 662 g/mol. The van der Waals surface area contributed by atoms with Crippen LogP contribution in [-0.4, -0.2) is 98.7 Å². The summed E-state index contributed by atoms with van der Waals surface area (Å²) in [6.45, 7) is 8.17. The molecule has 10 heteroatoms. The zero-order valence-electron chi connectivity index (χ0n) is 33.3. The van der Waals surface area contributed by atoms with E-state index in [1.54, 1.807) is 6.08 Å². The smallest absolute Gasteiger partial charge is 0.249 e. The number of rotatable bonds is 32. The molecule has 1 heterocycles. The Labute approximate surface area is 316 Å². The normalized spacial score (nSPS) is 22.9. The lowest BCUT2D eigenvalue weighted by molar-refractivity contribution is -0.302. The highest BCUT2D eigenvalue weighted by Crippen LogP contribution is 2.22. The third kappa shape index (κ3) is 23.4. The van der Waals surface area contributed by atoms with Gasteiger partial charge in [-0.2, -0.15) is 0 Å². The van der Waals surface area contributed by atoms with Crippen LogP contribution in [0, 0.1) is 11.8 Å². The number of aliphatic hydroxyl groups is 6. The van der Waals surface area contributed by atoms with E-state index in [-0.39, 0.29) is 6.61 Å². The molecule has 7 N–H and O–H groups in total. The molecule has 1 rings (SSSR count). The molecule has 0 aliphatic carbocycles. The standard InChI is InChI=1S/C42H79NO9/c1-32(2)26-22-18-14-10-6-5-7-12-16-20-24-28-35(45)34(31-51-42-40(49)39(48)38(47)37(30-44)52-42)43-41(50)36(46)29-25-21-17-13-9-8-11-15-19-23-27-33(3)4/h7,12,24,28,32-40,42,44-49H,5-6,8-11,13-23,25-27,29-31H2,1-4H3,(H,43,50). The van der Waals surface area contributed by atoms with Gasteiger partial charge in [0.15, 0.2) is 6.29 Å². The van der Waals surface area contributed by atoms with Crippen molar-refractivity contribution in [2.24, 2.45) is 11.8 Å². The molecular formula is C42H79NO9. The van der Waals surface area contributed by atoms with Gasteiger partial charge in [0, 0.05) is 0 Å². The third-order valence-electron chi connectivity index (χ3n) is 9.99. The van der Waals surface area contributed by atoms with Gasteiger partial charge in [0.05, 0.1) is 25.4 Å². The van der Waals surface area contributed by atoms with Crippen molar-refractivity contribution in [1.82, 2.24) is 5.32 Å². The number of hydrogen-bond acceptors (Lipinski definition) is 9. The van der Waals surface area contributed by atoms with Crippen LogP contribution in [0.1, 0.15) is 163 Å². The number of aliphatic hydroxyl groups excluding tert-OH is 6. The highest BCUT2D eigenvalue weighted by Gasteiger charge is 2.44. The molecule has 10 nitrogen and oxygen atoms in total. The maximum absolute atomic E-state index is 13.0. The summed E-state index contributed by atoms with van der Waals surface area (Å²) in [4.78, 5) is 13.0. The van der Waals surface area contributed by atoms with Gasteiger partial charge in [0.1, 0.15) is 30.5 Å². The van der Waals surface area contributed by atoms with Gasteiger partial charge in [-0.3, -0.25) is 4.79 Å². The fourth-order valence-corrected chi connectivity index (χ4v) is 6.49. The van der Waals surface area contributed by atoms with Crippen LogP contribution in [0.25, 0.3) is 0 Å². The fraction of sp³-hybridized carbons (Fsp3) is 0.881. The van der Waals surface area contributed by atoms with Gasteiger partial charge in [-0.1, -0.05) is 155 Å². The fourth-order valence-electron chi connectivity index (χ4n) is 6.49. The van der Waals surface area contributed by atoms with Crippen LogP contribution in [0.15, 0.2) is 24.3 Å². The van der Waals surface area contributed by atoms with Crippen molar-refractivity contribution < 1.29 is 44.9 Å². The largest absolute Gasteiger partial charge is 0.394 e. The molecule has 0 aromatic heterocycles. The summed E-state index contributed by atoms with van der Waals surface area (Å²) in [5, 5.41) is 64.4. The molecule has 0 aromatic rings.